The lowest BCUT2D eigenvalue weighted by molar-refractivity contribution is 0.259. The van der Waals surface area contributed by atoms with Gasteiger partial charge in [0, 0.05) is 17.6 Å². The van der Waals surface area contributed by atoms with Crippen molar-refractivity contribution in [1.82, 2.24) is 15.0 Å². The predicted octanol–water partition coefficient (Wildman–Crippen LogP) is 2.37. The summed E-state index contributed by atoms with van der Waals surface area (Å²) >= 11 is 5.90. The topological polar surface area (TPSA) is 360 Å². The van der Waals surface area contributed by atoms with E-state index in [1.807, 2.05) is 0 Å². The molecule has 0 saturated heterocycles. The summed E-state index contributed by atoms with van der Waals surface area (Å²) in [7, 11) is -19.7. The second kappa shape index (κ2) is 13.7. The fraction of sp³-hybridized carbons (Fsp3) is 0.0909. The number of halogens is 1. The lowest BCUT2D eigenvalue weighted by atomic mass is 10.1. The van der Waals surface area contributed by atoms with Crippen LogP contribution in [0.1, 0.15) is 0 Å². The Labute approximate surface area is 280 Å². The fourth-order valence-corrected chi connectivity index (χ4v) is 6.42. The first-order chi connectivity index (χ1) is 22.5. The molecule has 3 aromatic carbocycles. The Bertz CT molecular complexity index is 2480. The number of primary amides is 1. The first-order valence-corrected chi connectivity index (χ1v) is 18.8. The normalized spacial score (nSPS) is 12.7. The van der Waals surface area contributed by atoms with Gasteiger partial charge in [-0.05, 0) is 59.5 Å². The van der Waals surface area contributed by atoms with Gasteiger partial charge in [-0.15, -0.1) is 10.2 Å². The van der Waals surface area contributed by atoms with Crippen LogP contribution >= 0.6 is 11.6 Å². The highest BCUT2D eigenvalue weighted by Gasteiger charge is 2.25. The van der Waals surface area contributed by atoms with Crippen molar-refractivity contribution in [2.75, 3.05) is 28.2 Å². The van der Waals surface area contributed by atoms with Crippen LogP contribution in [0.3, 0.4) is 0 Å². The molecule has 2 amide bonds. The van der Waals surface area contributed by atoms with Crippen LogP contribution in [0.5, 0.6) is 0 Å². The van der Waals surface area contributed by atoms with Gasteiger partial charge in [-0.25, -0.2) is 4.79 Å². The van der Waals surface area contributed by atoms with Crippen LogP contribution in [0.2, 0.25) is 5.28 Å². The minimum Gasteiger partial charge on any atom is -0.353 e. The molecule has 4 rings (SSSR count). The zero-order chi connectivity index (χ0) is 36.5. The zero-order valence-electron chi connectivity index (χ0n) is 23.7. The number of fused-ring (bicyclic) bond motifs is 1. The summed E-state index contributed by atoms with van der Waals surface area (Å²) in [5.41, 5.74) is 4.30. The van der Waals surface area contributed by atoms with Gasteiger partial charge < -0.3 is 21.7 Å². The highest BCUT2D eigenvalue weighted by atomic mass is 35.5. The maximum absolute atomic E-state index is 12.2. The van der Waals surface area contributed by atoms with Crippen molar-refractivity contribution >= 4 is 104 Å². The number of rotatable bonds is 12. The lowest BCUT2D eigenvalue weighted by Gasteiger charge is -2.12. The van der Waals surface area contributed by atoms with E-state index in [1.54, 1.807) is 0 Å². The van der Waals surface area contributed by atoms with Crippen LogP contribution in [0.4, 0.5) is 39.4 Å². The molecule has 1 heterocycles. The number of hydrogen-bond acceptors (Lipinski definition) is 16. The molecule has 0 aliphatic heterocycles. The minimum atomic E-state index is -5.20. The molecule has 0 spiro atoms. The van der Waals surface area contributed by atoms with Crippen LogP contribution in [-0.2, 0) is 40.5 Å². The van der Waals surface area contributed by atoms with E-state index >= 15 is 0 Å². The monoisotopic (exact) mass is 781 g/mol. The fourth-order valence-electron chi connectivity index (χ4n) is 3.91. The number of aromatic nitrogens is 3. The van der Waals surface area contributed by atoms with Gasteiger partial charge in [0.1, 0.15) is 21.2 Å². The molecule has 262 valence electrons. The lowest BCUT2D eigenvalue weighted by Crippen LogP contribution is -2.19. The second-order valence-electron chi connectivity index (χ2n) is 9.40. The molecular formula is C22H20ClN9O13S4. The van der Waals surface area contributed by atoms with E-state index < -0.39 is 83.4 Å². The third-order valence-corrected chi connectivity index (χ3v) is 9.35. The Hall–Kier alpha value is -4.67. The largest absolute Gasteiger partial charge is 0.353 e. The van der Waals surface area contributed by atoms with Crippen LogP contribution in [0.25, 0.3) is 10.8 Å². The van der Waals surface area contributed by atoms with Gasteiger partial charge in [-0.3, -0.25) is 18.2 Å². The average molecular weight is 782 g/mol. The van der Waals surface area contributed by atoms with E-state index in [0.717, 1.165) is 6.07 Å². The number of urea groups is 1. The van der Waals surface area contributed by atoms with Gasteiger partial charge in [-0.2, -0.15) is 48.6 Å². The molecule has 0 saturated carbocycles. The number of nitrogens with one attached hydrogen (secondary N) is 3. The quantitative estimate of drug-likeness (QED) is 0.0755. The predicted molar refractivity (Wildman–Crippen MR) is 170 cm³/mol. The van der Waals surface area contributed by atoms with E-state index in [0.29, 0.717) is 18.2 Å². The molecule has 9 N–H and O–H groups in total. The molecule has 0 bridgehead atoms. The van der Waals surface area contributed by atoms with Gasteiger partial charge in [0.05, 0.1) is 16.3 Å². The van der Waals surface area contributed by atoms with Crippen LogP contribution < -0.4 is 21.7 Å². The van der Waals surface area contributed by atoms with Crippen LogP contribution in [0, 0.1) is 0 Å². The number of benzene rings is 3. The van der Waals surface area contributed by atoms with Crippen molar-refractivity contribution in [2.45, 2.75) is 14.7 Å². The number of amides is 2. The van der Waals surface area contributed by atoms with Crippen molar-refractivity contribution in [1.29, 1.82) is 0 Å². The first-order valence-electron chi connectivity index (χ1n) is 12.5. The highest BCUT2D eigenvalue weighted by molar-refractivity contribution is 7.87. The van der Waals surface area contributed by atoms with Crippen molar-refractivity contribution in [3.8, 4) is 0 Å². The molecule has 0 fully saturated rings. The Morgan fingerprint density at radius 3 is 2.00 bits per heavy atom. The summed E-state index contributed by atoms with van der Waals surface area (Å²) in [6.07, 6.45) is 0. The molecular weight excluding hydrogens is 762 g/mol. The first kappa shape index (κ1) is 37.2. The SMILES string of the molecule is NC(=O)Nc1cc(Nc2nc(Cl)nc(NCCS(=O)(=O)O)n2)ccc1N=Nc1cc2c(S(=O)(=O)O)cc(S(=O)(=O)O)cc2cc1S(=O)(=O)O. The zero-order valence-corrected chi connectivity index (χ0v) is 27.8. The van der Waals surface area contributed by atoms with Gasteiger partial charge in [0.2, 0.25) is 17.2 Å². The molecule has 27 heteroatoms. The summed E-state index contributed by atoms with van der Waals surface area (Å²) in [6, 6.07) is 5.08. The number of carbonyl (C=O) groups is 1. The Kier molecular flexibility index (Phi) is 10.4. The molecule has 0 radical (unpaired) electrons. The third kappa shape index (κ3) is 9.93. The second-order valence-corrected chi connectivity index (χ2v) is 15.5. The van der Waals surface area contributed by atoms with E-state index in [1.165, 1.54) is 18.2 Å². The van der Waals surface area contributed by atoms with E-state index in [2.05, 4.69) is 41.1 Å². The number of anilines is 4. The Morgan fingerprint density at radius 1 is 0.776 bits per heavy atom. The molecule has 4 aromatic rings. The van der Waals surface area contributed by atoms with Crippen LogP contribution in [0.15, 0.2) is 67.4 Å². The number of azo groups is 1. The van der Waals surface area contributed by atoms with Gasteiger partial charge in [0.15, 0.2) is 0 Å². The van der Waals surface area contributed by atoms with Crippen molar-refractivity contribution in [3.05, 3.63) is 47.7 Å². The van der Waals surface area contributed by atoms with E-state index in [9.17, 15) is 52.1 Å². The summed E-state index contributed by atoms with van der Waals surface area (Å²) in [6.45, 7) is -0.287. The molecule has 0 unspecified atom stereocenters. The van der Waals surface area contributed by atoms with Gasteiger partial charge in [0.25, 0.3) is 40.5 Å². The van der Waals surface area contributed by atoms with Crippen molar-refractivity contribution in [3.63, 3.8) is 0 Å². The third-order valence-electron chi connectivity index (χ3n) is 5.85. The van der Waals surface area contributed by atoms with Gasteiger partial charge >= 0.3 is 6.03 Å². The Morgan fingerprint density at radius 2 is 1.41 bits per heavy atom. The van der Waals surface area contributed by atoms with Gasteiger partial charge in [-0.1, -0.05) is 0 Å². The van der Waals surface area contributed by atoms with E-state index in [-0.39, 0.29) is 40.8 Å². The molecule has 0 atom stereocenters. The maximum atomic E-state index is 12.2. The molecule has 0 aliphatic carbocycles. The number of nitrogens with two attached hydrogens (primary N) is 1. The number of carbonyl (C=O) groups excluding carboxylic acids is 1. The van der Waals surface area contributed by atoms with Crippen LogP contribution in [-0.4, -0.2) is 85.2 Å². The maximum Gasteiger partial charge on any atom is 0.316 e. The summed E-state index contributed by atoms with van der Waals surface area (Å²) in [5.74, 6) is -1.03. The summed E-state index contributed by atoms with van der Waals surface area (Å²) in [5, 5.41) is 13.8. The van der Waals surface area contributed by atoms with E-state index in [4.69, 9.17) is 21.9 Å². The number of hydrogen-bond donors (Lipinski definition) is 8. The summed E-state index contributed by atoms with van der Waals surface area (Å²) in [4.78, 5) is 20.2. The molecule has 0 aliphatic rings. The average Bonchev–Trinajstić information content (AvgIpc) is 2.93. The Balaban J connectivity index is 1.78. The highest BCUT2D eigenvalue weighted by Crippen LogP contribution is 2.37. The molecule has 1 aromatic heterocycles. The number of nitrogens with zero attached hydrogens (tertiary/aromatic N) is 5. The molecule has 22 nitrogen and oxygen atoms in total. The summed E-state index contributed by atoms with van der Waals surface area (Å²) < 4.78 is 132. The standard InChI is InChI=1S/C22H20ClN9O13S4/c23-19-28-21(25-3-4-46(34,35)36)30-22(29-19)26-11-1-2-14(15(7-11)27-20(24)33)31-32-16-9-13-10(6-18(16)49(43,44)45)5-12(47(37,38)39)8-17(13)48(40,41)42/h1-2,5-9H,3-4H2,(H3,24,27,33)(H,34,35,36)(H,37,38,39)(H,40,41,42)(H,43,44,45)(H2,25,26,28,29,30). The van der Waals surface area contributed by atoms with Crippen molar-refractivity contribution in [2.24, 2.45) is 16.0 Å². The smallest absolute Gasteiger partial charge is 0.316 e. The van der Waals surface area contributed by atoms with Crippen molar-refractivity contribution < 1.29 is 56.7 Å². The minimum absolute atomic E-state index is 0.144. The molecule has 49 heavy (non-hydrogen) atoms.